The number of hydrazone groups is 1. The number of carbonyl (C=O) groups excluding carboxylic acids is 2. The zero-order valence-corrected chi connectivity index (χ0v) is 16.3. The maximum Gasteiger partial charge on any atom is 0.336 e. The lowest BCUT2D eigenvalue weighted by Crippen LogP contribution is -2.32. The van der Waals surface area contributed by atoms with Crippen molar-refractivity contribution in [3.05, 3.63) is 95.6 Å². The van der Waals surface area contributed by atoms with E-state index in [9.17, 15) is 14.4 Å². The highest BCUT2D eigenvalue weighted by Crippen LogP contribution is 2.17. The normalized spacial score (nSPS) is 10.5. The molecular formula is C23H19N3O5. The molecule has 0 radical (unpaired) electrons. The minimum atomic E-state index is -1.12. The van der Waals surface area contributed by atoms with E-state index in [0.29, 0.717) is 23.6 Å². The van der Waals surface area contributed by atoms with Crippen LogP contribution in [0.15, 0.2) is 84.0 Å². The molecular weight excluding hydrogens is 398 g/mol. The molecule has 8 nitrogen and oxygen atoms in total. The summed E-state index contributed by atoms with van der Waals surface area (Å²) in [4.78, 5) is 35.1. The summed E-state index contributed by atoms with van der Waals surface area (Å²) in [5.41, 5.74) is 3.83. The quantitative estimate of drug-likeness (QED) is 0.310. The maximum absolute atomic E-state index is 12.0. The summed E-state index contributed by atoms with van der Waals surface area (Å²) in [6, 6.07) is 22.4. The molecule has 0 aliphatic rings. The van der Waals surface area contributed by atoms with Gasteiger partial charge in [-0.1, -0.05) is 48.5 Å². The monoisotopic (exact) mass is 417 g/mol. The van der Waals surface area contributed by atoms with E-state index < -0.39 is 17.8 Å². The van der Waals surface area contributed by atoms with E-state index >= 15 is 0 Å². The van der Waals surface area contributed by atoms with Gasteiger partial charge in [0.2, 0.25) is 0 Å². The number of hydrogen-bond donors (Lipinski definition) is 3. The van der Waals surface area contributed by atoms with Crippen LogP contribution in [0.1, 0.15) is 21.5 Å². The van der Waals surface area contributed by atoms with Gasteiger partial charge in [0.15, 0.2) is 0 Å². The van der Waals surface area contributed by atoms with Crippen molar-refractivity contribution < 1.29 is 24.2 Å². The van der Waals surface area contributed by atoms with E-state index in [-0.39, 0.29) is 5.56 Å². The van der Waals surface area contributed by atoms with Crippen LogP contribution in [0.5, 0.6) is 5.75 Å². The first kappa shape index (κ1) is 21.3. The summed E-state index contributed by atoms with van der Waals surface area (Å²) in [6.45, 7) is 0.415. The molecule has 3 rings (SSSR count). The van der Waals surface area contributed by atoms with Crippen molar-refractivity contribution in [2.45, 2.75) is 6.61 Å². The molecule has 3 aromatic carbocycles. The number of aromatic carboxylic acids is 1. The molecule has 0 bridgehead atoms. The third-order valence-corrected chi connectivity index (χ3v) is 4.13. The molecule has 0 saturated carbocycles. The molecule has 31 heavy (non-hydrogen) atoms. The molecule has 3 N–H and O–H groups in total. The molecule has 0 spiro atoms. The van der Waals surface area contributed by atoms with E-state index in [0.717, 1.165) is 11.8 Å². The number of carboxylic acids is 1. The number of nitrogens with zero attached hydrogens (tertiary/aromatic N) is 1. The largest absolute Gasteiger partial charge is 0.489 e. The van der Waals surface area contributed by atoms with E-state index in [4.69, 9.17) is 9.84 Å². The minimum Gasteiger partial charge on any atom is -0.489 e. The molecule has 0 aliphatic carbocycles. The Kier molecular flexibility index (Phi) is 7.10. The first-order valence-corrected chi connectivity index (χ1v) is 9.26. The van der Waals surface area contributed by atoms with Crippen LogP contribution in [0.25, 0.3) is 0 Å². The molecule has 0 atom stereocenters. The Morgan fingerprint density at radius 2 is 1.55 bits per heavy atom. The van der Waals surface area contributed by atoms with Gasteiger partial charge in [0.1, 0.15) is 12.4 Å². The Balaban J connectivity index is 1.50. The van der Waals surface area contributed by atoms with Gasteiger partial charge in [-0.15, -0.1) is 0 Å². The summed E-state index contributed by atoms with van der Waals surface area (Å²) in [5.74, 6) is -2.41. The number of hydrogen-bond acceptors (Lipinski definition) is 5. The Morgan fingerprint density at radius 3 is 2.26 bits per heavy atom. The van der Waals surface area contributed by atoms with Crippen LogP contribution < -0.4 is 15.5 Å². The van der Waals surface area contributed by atoms with Crippen LogP contribution >= 0.6 is 0 Å². The third kappa shape index (κ3) is 6.26. The van der Waals surface area contributed by atoms with Crippen LogP contribution in [-0.2, 0) is 16.2 Å². The van der Waals surface area contributed by atoms with Gasteiger partial charge in [-0.05, 0) is 35.9 Å². The number of ether oxygens (including phenoxy) is 1. The zero-order valence-electron chi connectivity index (χ0n) is 16.3. The van der Waals surface area contributed by atoms with Gasteiger partial charge in [0, 0.05) is 11.3 Å². The average molecular weight is 417 g/mol. The lowest BCUT2D eigenvalue weighted by molar-refractivity contribution is -0.136. The van der Waals surface area contributed by atoms with Crippen molar-refractivity contribution in [2.24, 2.45) is 5.10 Å². The summed E-state index contributed by atoms with van der Waals surface area (Å²) < 4.78 is 5.67. The Morgan fingerprint density at radius 1 is 0.871 bits per heavy atom. The molecule has 3 aromatic rings. The number of carbonyl (C=O) groups is 3. The number of anilines is 1. The van der Waals surface area contributed by atoms with Crippen LogP contribution in [0.2, 0.25) is 0 Å². The van der Waals surface area contributed by atoms with Crippen molar-refractivity contribution in [1.82, 2.24) is 5.43 Å². The maximum atomic E-state index is 12.0. The van der Waals surface area contributed by atoms with E-state index in [1.165, 1.54) is 12.1 Å². The molecule has 0 aliphatic heterocycles. The average Bonchev–Trinajstić information content (AvgIpc) is 2.79. The Hall–Kier alpha value is -4.46. The molecule has 0 aromatic heterocycles. The fourth-order valence-electron chi connectivity index (χ4n) is 2.58. The summed E-state index contributed by atoms with van der Waals surface area (Å²) >= 11 is 0. The number of benzene rings is 3. The van der Waals surface area contributed by atoms with Crippen molar-refractivity contribution >= 4 is 29.7 Å². The van der Waals surface area contributed by atoms with Gasteiger partial charge in [0.25, 0.3) is 0 Å². The van der Waals surface area contributed by atoms with Crippen molar-refractivity contribution in [1.29, 1.82) is 0 Å². The van der Waals surface area contributed by atoms with Gasteiger partial charge < -0.3 is 15.2 Å². The number of carboxylic acid groups (broad SMARTS) is 1. The van der Waals surface area contributed by atoms with Gasteiger partial charge in [-0.2, -0.15) is 5.10 Å². The summed E-state index contributed by atoms with van der Waals surface area (Å²) in [5, 5.41) is 15.2. The second-order valence-electron chi connectivity index (χ2n) is 6.34. The van der Waals surface area contributed by atoms with Crippen molar-refractivity contribution in [2.75, 3.05) is 5.32 Å². The van der Waals surface area contributed by atoms with Crippen LogP contribution in [0.3, 0.4) is 0 Å². The highest BCUT2D eigenvalue weighted by molar-refractivity contribution is 6.39. The number of nitrogens with one attached hydrogen (secondary N) is 2. The zero-order chi connectivity index (χ0) is 22.1. The van der Waals surface area contributed by atoms with E-state index in [1.807, 2.05) is 30.3 Å². The Labute approximate surface area is 178 Å². The lowest BCUT2D eigenvalue weighted by Gasteiger charge is -2.08. The highest BCUT2D eigenvalue weighted by Gasteiger charge is 2.13. The molecule has 0 fully saturated rings. The summed E-state index contributed by atoms with van der Waals surface area (Å²) in [6.07, 6.45) is 1.16. The van der Waals surface area contributed by atoms with Gasteiger partial charge >= 0.3 is 17.8 Å². The molecule has 2 amide bonds. The van der Waals surface area contributed by atoms with Crippen LogP contribution in [0.4, 0.5) is 5.69 Å². The number of rotatable bonds is 7. The third-order valence-electron chi connectivity index (χ3n) is 4.13. The molecule has 156 valence electrons. The predicted molar refractivity (Wildman–Crippen MR) is 115 cm³/mol. The Bertz CT molecular complexity index is 1100. The first-order chi connectivity index (χ1) is 15.0. The van der Waals surface area contributed by atoms with Gasteiger partial charge in [-0.3, -0.25) is 9.59 Å². The topological polar surface area (TPSA) is 117 Å². The molecule has 0 unspecified atom stereocenters. The highest BCUT2D eigenvalue weighted by atomic mass is 16.5. The van der Waals surface area contributed by atoms with Crippen molar-refractivity contribution in [3.8, 4) is 5.75 Å². The minimum absolute atomic E-state index is 0.0273. The lowest BCUT2D eigenvalue weighted by atomic mass is 10.1. The predicted octanol–water partition coefficient (Wildman–Crippen LogP) is 3.05. The fourth-order valence-corrected chi connectivity index (χ4v) is 2.58. The second kappa shape index (κ2) is 10.4. The van der Waals surface area contributed by atoms with Crippen molar-refractivity contribution in [3.63, 3.8) is 0 Å². The fraction of sp³-hybridized carbons (Fsp3) is 0.0435. The number of amides is 2. The van der Waals surface area contributed by atoms with E-state index in [1.54, 1.807) is 36.4 Å². The molecule has 0 heterocycles. The van der Waals surface area contributed by atoms with E-state index in [2.05, 4.69) is 15.8 Å². The van der Waals surface area contributed by atoms with Crippen LogP contribution in [-0.4, -0.2) is 29.1 Å². The van der Waals surface area contributed by atoms with Gasteiger partial charge in [0.05, 0.1) is 11.8 Å². The second-order valence-corrected chi connectivity index (χ2v) is 6.34. The first-order valence-electron chi connectivity index (χ1n) is 9.26. The SMILES string of the molecule is O=C(N/N=C\c1ccccc1C(=O)O)C(=O)Nc1ccc(OCc2ccccc2)cc1. The molecule has 0 saturated heterocycles. The van der Waals surface area contributed by atoms with Gasteiger partial charge in [-0.25, -0.2) is 10.2 Å². The van der Waals surface area contributed by atoms with Crippen LogP contribution in [0, 0.1) is 0 Å². The summed E-state index contributed by atoms with van der Waals surface area (Å²) in [7, 11) is 0. The standard InChI is InChI=1S/C23H19N3O5/c27-21(22(28)26-24-14-17-8-4-5-9-20(17)23(29)30)25-18-10-12-19(13-11-18)31-15-16-6-2-1-3-7-16/h1-14H,15H2,(H,25,27)(H,26,28)(H,29,30)/b24-14-. The smallest absolute Gasteiger partial charge is 0.336 e. The molecule has 8 heteroatoms.